The number of fused-ring (bicyclic) bond motifs is 2. The van der Waals surface area contributed by atoms with E-state index in [1.165, 1.54) is 28.3 Å². The lowest BCUT2D eigenvalue weighted by molar-refractivity contribution is 0.410. The van der Waals surface area contributed by atoms with Crippen molar-refractivity contribution in [3.63, 3.8) is 0 Å². The minimum atomic E-state index is 0.205. The molecule has 3 rings (SSSR count). The van der Waals surface area contributed by atoms with Crippen LogP contribution in [0.5, 0.6) is 0 Å². The van der Waals surface area contributed by atoms with Crippen LogP contribution in [0.2, 0.25) is 0 Å². The lowest BCUT2D eigenvalue weighted by atomic mass is 9.87. The van der Waals surface area contributed by atoms with E-state index in [1.54, 1.807) is 0 Å². The molecule has 29 heavy (non-hydrogen) atoms. The van der Waals surface area contributed by atoms with Gasteiger partial charge in [-0.15, -0.1) is 0 Å². The van der Waals surface area contributed by atoms with Crippen molar-refractivity contribution in [1.82, 2.24) is 0 Å². The fourth-order valence-electron chi connectivity index (χ4n) is 4.21. The van der Waals surface area contributed by atoms with Gasteiger partial charge in [-0.25, -0.2) is 0 Å². The average Bonchev–Trinajstić information content (AvgIpc) is 2.54. The predicted octanol–water partition coefficient (Wildman–Crippen LogP) is 7.96. The van der Waals surface area contributed by atoms with Crippen molar-refractivity contribution in [2.24, 2.45) is 16.2 Å². The Morgan fingerprint density at radius 1 is 0.552 bits per heavy atom. The Hall–Kier alpha value is -1.96. The van der Waals surface area contributed by atoms with Crippen molar-refractivity contribution >= 4 is 22.7 Å². The molecule has 2 heteroatoms. The molecular formula is C27H40N2. The molecule has 2 aromatic rings. The molecule has 0 aromatic heterocycles. The zero-order chi connectivity index (χ0) is 21.6. The van der Waals surface area contributed by atoms with E-state index in [2.05, 4.69) is 115 Å². The molecule has 1 heterocycles. The highest BCUT2D eigenvalue weighted by molar-refractivity contribution is 5.93. The fourth-order valence-corrected chi connectivity index (χ4v) is 4.21. The van der Waals surface area contributed by atoms with Crippen molar-refractivity contribution in [3.05, 3.63) is 48.0 Å². The van der Waals surface area contributed by atoms with Crippen LogP contribution in [0.1, 0.15) is 67.9 Å². The first-order valence-electron chi connectivity index (χ1n) is 11.0. The fraction of sp³-hybridized carbons (Fsp3) is 0.556. The molecule has 0 saturated carbocycles. The zero-order valence-electron chi connectivity index (χ0n) is 20.1. The number of hydrogen-bond donors (Lipinski definition) is 0. The van der Waals surface area contributed by atoms with Gasteiger partial charge in [0.2, 0.25) is 0 Å². The lowest BCUT2D eigenvalue weighted by Crippen LogP contribution is -2.37. The van der Waals surface area contributed by atoms with Crippen LogP contribution in [0.15, 0.2) is 42.5 Å². The molecule has 1 aliphatic heterocycles. The third-order valence-corrected chi connectivity index (χ3v) is 5.08. The third-order valence-electron chi connectivity index (χ3n) is 5.08. The van der Waals surface area contributed by atoms with Crippen molar-refractivity contribution in [1.29, 1.82) is 0 Å². The van der Waals surface area contributed by atoms with Gasteiger partial charge < -0.3 is 9.80 Å². The molecule has 0 spiro atoms. The van der Waals surface area contributed by atoms with Crippen LogP contribution < -0.4 is 9.80 Å². The topological polar surface area (TPSA) is 6.48 Å². The first-order valence-corrected chi connectivity index (χ1v) is 11.0. The molecule has 0 N–H and O–H groups in total. The SMILES string of the molecule is CC(C)(C)Cc1ccc2c(c1)N(CC(C)(C)C)c1ccccc1N2CC(C)(C)C. The van der Waals surface area contributed by atoms with E-state index in [-0.39, 0.29) is 16.2 Å². The van der Waals surface area contributed by atoms with Gasteiger partial charge >= 0.3 is 0 Å². The quantitative estimate of drug-likeness (QED) is 0.523. The van der Waals surface area contributed by atoms with Gasteiger partial charge in [-0.3, -0.25) is 0 Å². The number of nitrogens with zero attached hydrogens (tertiary/aromatic N) is 2. The largest absolute Gasteiger partial charge is 0.338 e. The Kier molecular flexibility index (Phi) is 5.53. The molecule has 158 valence electrons. The van der Waals surface area contributed by atoms with Gasteiger partial charge in [-0.05, 0) is 52.5 Å². The first-order chi connectivity index (χ1) is 13.2. The van der Waals surface area contributed by atoms with Gasteiger partial charge in [0.05, 0.1) is 22.7 Å². The summed E-state index contributed by atoms with van der Waals surface area (Å²) in [6, 6.07) is 16.0. The van der Waals surface area contributed by atoms with Gasteiger partial charge in [0.25, 0.3) is 0 Å². The van der Waals surface area contributed by atoms with Crippen LogP contribution >= 0.6 is 0 Å². The molecule has 0 atom stereocenters. The van der Waals surface area contributed by atoms with Crippen LogP contribution in [-0.2, 0) is 6.42 Å². The summed E-state index contributed by atoms with van der Waals surface area (Å²) in [4.78, 5) is 5.08. The first kappa shape index (κ1) is 21.7. The second-order valence-corrected chi connectivity index (χ2v) is 12.3. The lowest BCUT2D eigenvalue weighted by Gasteiger charge is -2.44. The molecule has 0 radical (unpaired) electrons. The highest BCUT2D eigenvalue weighted by Gasteiger charge is 2.32. The molecule has 0 fully saturated rings. The van der Waals surface area contributed by atoms with Crippen LogP contribution in [0, 0.1) is 16.2 Å². The monoisotopic (exact) mass is 392 g/mol. The Labute approximate surface area is 178 Å². The molecule has 0 unspecified atom stereocenters. The molecule has 1 aliphatic rings. The van der Waals surface area contributed by atoms with E-state index in [0.717, 1.165) is 19.5 Å². The Bertz CT molecular complexity index is 859. The summed E-state index contributed by atoms with van der Waals surface area (Å²) in [5.41, 5.74) is 7.45. The highest BCUT2D eigenvalue weighted by Crippen LogP contribution is 2.50. The van der Waals surface area contributed by atoms with E-state index in [9.17, 15) is 0 Å². The molecule has 2 nitrogen and oxygen atoms in total. The summed E-state index contributed by atoms with van der Waals surface area (Å²) < 4.78 is 0. The number of anilines is 4. The minimum absolute atomic E-state index is 0.205. The number of hydrogen-bond acceptors (Lipinski definition) is 2. The normalized spacial score (nSPS) is 14.7. The number of benzene rings is 2. The highest BCUT2D eigenvalue weighted by atomic mass is 15.3. The van der Waals surface area contributed by atoms with Gasteiger partial charge in [0, 0.05) is 13.1 Å². The maximum absolute atomic E-state index is 2.55. The summed E-state index contributed by atoms with van der Waals surface area (Å²) in [5.74, 6) is 0. The van der Waals surface area contributed by atoms with Gasteiger partial charge in [-0.2, -0.15) is 0 Å². The van der Waals surface area contributed by atoms with E-state index in [1.807, 2.05) is 0 Å². The summed E-state index contributed by atoms with van der Waals surface area (Å²) in [5, 5.41) is 0. The standard InChI is InChI=1S/C27H40N2/c1-25(2,3)17-20-14-15-23-24(16-20)29(19-27(7,8)9)22-13-11-10-12-21(22)28(23)18-26(4,5)6/h10-16H,17-19H2,1-9H3. The van der Waals surface area contributed by atoms with Crippen molar-refractivity contribution < 1.29 is 0 Å². The Morgan fingerprint density at radius 3 is 1.45 bits per heavy atom. The maximum atomic E-state index is 2.55. The van der Waals surface area contributed by atoms with Crippen molar-refractivity contribution in [2.75, 3.05) is 22.9 Å². The minimum Gasteiger partial charge on any atom is -0.338 e. The van der Waals surface area contributed by atoms with E-state index < -0.39 is 0 Å². The summed E-state index contributed by atoms with van der Waals surface area (Å²) in [6.45, 7) is 22.9. The van der Waals surface area contributed by atoms with Crippen LogP contribution in [0.25, 0.3) is 0 Å². The van der Waals surface area contributed by atoms with E-state index >= 15 is 0 Å². The average molecular weight is 393 g/mol. The second-order valence-electron chi connectivity index (χ2n) is 12.3. The van der Waals surface area contributed by atoms with Crippen LogP contribution in [-0.4, -0.2) is 13.1 Å². The molecular weight excluding hydrogens is 352 g/mol. The number of rotatable bonds is 3. The molecule has 0 bridgehead atoms. The summed E-state index contributed by atoms with van der Waals surface area (Å²) in [7, 11) is 0. The van der Waals surface area contributed by atoms with Gasteiger partial charge in [0.1, 0.15) is 0 Å². The Morgan fingerprint density at radius 2 is 1.00 bits per heavy atom. The molecule has 2 aromatic carbocycles. The van der Waals surface area contributed by atoms with Crippen molar-refractivity contribution in [2.45, 2.75) is 68.7 Å². The summed E-state index contributed by atoms with van der Waals surface area (Å²) >= 11 is 0. The maximum Gasteiger partial charge on any atom is 0.0655 e. The Balaban J connectivity index is 2.18. The zero-order valence-corrected chi connectivity index (χ0v) is 20.1. The second kappa shape index (κ2) is 7.38. The van der Waals surface area contributed by atoms with Gasteiger partial charge in [-0.1, -0.05) is 80.5 Å². The summed E-state index contributed by atoms with van der Waals surface area (Å²) in [6.07, 6.45) is 1.09. The van der Waals surface area contributed by atoms with E-state index in [4.69, 9.17) is 0 Å². The molecule has 0 aliphatic carbocycles. The van der Waals surface area contributed by atoms with Crippen LogP contribution in [0.4, 0.5) is 22.7 Å². The number of para-hydroxylation sites is 2. The molecule has 0 saturated heterocycles. The smallest absolute Gasteiger partial charge is 0.0655 e. The van der Waals surface area contributed by atoms with E-state index in [0.29, 0.717) is 0 Å². The van der Waals surface area contributed by atoms with Gasteiger partial charge in [0.15, 0.2) is 0 Å². The van der Waals surface area contributed by atoms with Crippen LogP contribution in [0.3, 0.4) is 0 Å². The van der Waals surface area contributed by atoms with Crippen molar-refractivity contribution in [3.8, 4) is 0 Å². The molecule has 0 amide bonds. The third kappa shape index (κ3) is 5.35. The predicted molar refractivity (Wildman–Crippen MR) is 129 cm³/mol.